The maximum absolute atomic E-state index is 11.3. The highest BCUT2D eigenvalue weighted by molar-refractivity contribution is 5.61. The first-order valence-corrected chi connectivity index (χ1v) is 6.09. The van der Waals surface area contributed by atoms with Crippen LogP contribution in [0.5, 0.6) is 0 Å². The lowest BCUT2D eigenvalue weighted by atomic mass is 9.79. The van der Waals surface area contributed by atoms with Crippen molar-refractivity contribution >= 4 is 12.0 Å². The van der Waals surface area contributed by atoms with Crippen LogP contribution in [0.3, 0.4) is 0 Å². The number of nitro benzene ring substituents is 1. The van der Waals surface area contributed by atoms with Gasteiger partial charge in [0.2, 0.25) is 0 Å². The molecule has 3 rings (SSSR count). The summed E-state index contributed by atoms with van der Waals surface area (Å²) in [5, 5.41) is 11.1. The molecule has 0 saturated heterocycles. The van der Waals surface area contributed by atoms with Crippen LogP contribution in [0.25, 0.3) is 0 Å². The summed E-state index contributed by atoms with van der Waals surface area (Å²) in [5.74, 6) is 0.392. The number of nitrogens with zero attached hydrogens (tertiary/aromatic N) is 1. The standard InChI is InChI=1S/C14H13NO3/c16-8-12-9-5-6-10(7-9)14(12)11-3-1-2-4-13(11)15(17)18/h1-6,8-10,12,14H,7H2/t9-,10+,12+,14-/m1/s1. The average Bonchev–Trinajstić information content (AvgIpc) is 2.98. The topological polar surface area (TPSA) is 60.2 Å². The highest BCUT2D eigenvalue weighted by atomic mass is 16.6. The third kappa shape index (κ3) is 1.49. The molecule has 2 aliphatic carbocycles. The molecule has 1 aromatic rings. The Morgan fingerprint density at radius 3 is 2.67 bits per heavy atom. The van der Waals surface area contributed by atoms with E-state index in [-0.39, 0.29) is 34.3 Å². The van der Waals surface area contributed by atoms with Gasteiger partial charge in [0.15, 0.2) is 0 Å². The summed E-state index contributed by atoms with van der Waals surface area (Å²) in [6.45, 7) is 0. The molecule has 2 aliphatic rings. The van der Waals surface area contributed by atoms with Gasteiger partial charge in [-0.15, -0.1) is 0 Å². The number of nitro groups is 1. The fourth-order valence-electron chi connectivity index (χ4n) is 3.42. The quantitative estimate of drug-likeness (QED) is 0.355. The highest BCUT2D eigenvalue weighted by Crippen LogP contribution is 2.53. The van der Waals surface area contributed by atoms with Gasteiger partial charge in [-0.3, -0.25) is 10.1 Å². The second kappa shape index (κ2) is 4.05. The highest BCUT2D eigenvalue weighted by Gasteiger charge is 2.46. The maximum atomic E-state index is 11.3. The summed E-state index contributed by atoms with van der Waals surface area (Å²) in [6, 6.07) is 6.78. The van der Waals surface area contributed by atoms with E-state index in [1.807, 2.05) is 0 Å². The van der Waals surface area contributed by atoms with E-state index in [4.69, 9.17) is 0 Å². The molecule has 0 heterocycles. The van der Waals surface area contributed by atoms with Gasteiger partial charge in [0.25, 0.3) is 5.69 Å². The van der Waals surface area contributed by atoms with Crippen LogP contribution in [0.4, 0.5) is 5.69 Å². The third-order valence-corrected chi connectivity index (χ3v) is 4.17. The van der Waals surface area contributed by atoms with Crippen LogP contribution < -0.4 is 0 Å². The van der Waals surface area contributed by atoms with Gasteiger partial charge < -0.3 is 4.79 Å². The Morgan fingerprint density at radius 1 is 1.22 bits per heavy atom. The molecule has 92 valence electrons. The number of allylic oxidation sites excluding steroid dienone is 2. The summed E-state index contributed by atoms with van der Waals surface area (Å²) in [5.41, 5.74) is 0.840. The largest absolute Gasteiger partial charge is 0.303 e. The molecular formula is C14H13NO3. The minimum atomic E-state index is -0.354. The average molecular weight is 243 g/mol. The number of aldehydes is 1. The van der Waals surface area contributed by atoms with Crippen molar-refractivity contribution < 1.29 is 9.72 Å². The van der Waals surface area contributed by atoms with E-state index in [1.54, 1.807) is 18.2 Å². The van der Waals surface area contributed by atoms with Crippen LogP contribution in [0.15, 0.2) is 36.4 Å². The molecule has 0 unspecified atom stereocenters. The van der Waals surface area contributed by atoms with Crippen molar-refractivity contribution in [2.24, 2.45) is 17.8 Å². The van der Waals surface area contributed by atoms with Crippen LogP contribution in [-0.2, 0) is 4.79 Å². The molecule has 0 aliphatic heterocycles. The maximum Gasteiger partial charge on any atom is 0.272 e. The second-order valence-corrected chi connectivity index (χ2v) is 5.00. The van der Waals surface area contributed by atoms with E-state index in [0.717, 1.165) is 12.7 Å². The Kier molecular flexibility index (Phi) is 2.51. The van der Waals surface area contributed by atoms with Crippen LogP contribution in [0.2, 0.25) is 0 Å². The second-order valence-electron chi connectivity index (χ2n) is 5.00. The number of hydrogen-bond donors (Lipinski definition) is 0. The van der Waals surface area contributed by atoms with Crippen molar-refractivity contribution in [1.82, 2.24) is 0 Å². The SMILES string of the molecule is O=C[C@@H]1[C@@H](c2ccccc2[N+](=O)[O-])[C@H]2C=C[C@@H]1C2. The van der Waals surface area contributed by atoms with Gasteiger partial charge in [-0.25, -0.2) is 0 Å². The fourth-order valence-corrected chi connectivity index (χ4v) is 3.42. The molecule has 4 nitrogen and oxygen atoms in total. The van der Waals surface area contributed by atoms with Crippen molar-refractivity contribution in [1.29, 1.82) is 0 Å². The lowest BCUT2D eigenvalue weighted by molar-refractivity contribution is -0.385. The minimum Gasteiger partial charge on any atom is -0.303 e. The summed E-state index contributed by atoms with van der Waals surface area (Å²) >= 11 is 0. The minimum absolute atomic E-state index is 0.0286. The summed E-state index contributed by atoms with van der Waals surface area (Å²) in [6.07, 6.45) is 6.09. The molecule has 2 bridgehead atoms. The fraction of sp³-hybridized carbons (Fsp3) is 0.357. The molecule has 0 radical (unpaired) electrons. The Labute approximate surface area is 104 Å². The van der Waals surface area contributed by atoms with Crippen molar-refractivity contribution in [3.05, 3.63) is 52.1 Å². The Bertz CT molecular complexity index is 538. The molecule has 0 spiro atoms. The predicted octanol–water partition coefficient (Wildman–Crippen LogP) is 2.70. The number of rotatable bonds is 3. The molecule has 4 heteroatoms. The van der Waals surface area contributed by atoms with Crippen molar-refractivity contribution in [3.8, 4) is 0 Å². The smallest absolute Gasteiger partial charge is 0.272 e. The first-order valence-electron chi connectivity index (χ1n) is 6.09. The Balaban J connectivity index is 2.07. The zero-order chi connectivity index (χ0) is 12.7. The van der Waals surface area contributed by atoms with Crippen LogP contribution >= 0.6 is 0 Å². The summed E-state index contributed by atoms with van der Waals surface area (Å²) in [4.78, 5) is 22.0. The lowest BCUT2D eigenvalue weighted by Gasteiger charge is -2.23. The van der Waals surface area contributed by atoms with E-state index >= 15 is 0 Å². The summed E-state index contributed by atoms with van der Waals surface area (Å²) < 4.78 is 0. The van der Waals surface area contributed by atoms with Crippen LogP contribution in [-0.4, -0.2) is 11.2 Å². The van der Waals surface area contributed by atoms with E-state index < -0.39 is 0 Å². The molecule has 4 atom stereocenters. The number of para-hydroxylation sites is 1. The van der Waals surface area contributed by atoms with Gasteiger partial charge in [0, 0.05) is 23.5 Å². The van der Waals surface area contributed by atoms with Gasteiger partial charge in [-0.2, -0.15) is 0 Å². The number of carbonyl (C=O) groups excluding carboxylic acids is 1. The molecule has 1 fully saturated rings. The number of benzene rings is 1. The van der Waals surface area contributed by atoms with Gasteiger partial charge in [-0.1, -0.05) is 30.4 Å². The van der Waals surface area contributed by atoms with Gasteiger partial charge in [-0.05, 0) is 18.3 Å². The van der Waals surface area contributed by atoms with E-state index in [1.165, 1.54) is 6.07 Å². The zero-order valence-electron chi connectivity index (χ0n) is 9.73. The van der Waals surface area contributed by atoms with Crippen LogP contribution in [0, 0.1) is 27.9 Å². The predicted molar refractivity (Wildman–Crippen MR) is 66.1 cm³/mol. The van der Waals surface area contributed by atoms with Gasteiger partial charge >= 0.3 is 0 Å². The van der Waals surface area contributed by atoms with Crippen molar-refractivity contribution in [3.63, 3.8) is 0 Å². The molecule has 1 aromatic carbocycles. The van der Waals surface area contributed by atoms with E-state index in [9.17, 15) is 14.9 Å². The first-order chi connectivity index (χ1) is 8.72. The van der Waals surface area contributed by atoms with Crippen LogP contribution in [0.1, 0.15) is 17.9 Å². The van der Waals surface area contributed by atoms with E-state index in [2.05, 4.69) is 12.2 Å². The zero-order valence-corrected chi connectivity index (χ0v) is 9.73. The van der Waals surface area contributed by atoms with Crippen molar-refractivity contribution in [2.45, 2.75) is 12.3 Å². The first kappa shape index (κ1) is 11.1. The number of fused-ring (bicyclic) bond motifs is 2. The van der Waals surface area contributed by atoms with Crippen molar-refractivity contribution in [2.75, 3.05) is 0 Å². The normalized spacial score (nSPS) is 32.7. The lowest BCUT2D eigenvalue weighted by Crippen LogP contribution is -2.19. The number of hydrogen-bond acceptors (Lipinski definition) is 3. The number of carbonyl (C=O) groups is 1. The molecule has 0 N–H and O–H groups in total. The van der Waals surface area contributed by atoms with E-state index in [0.29, 0.717) is 5.56 Å². The molecule has 18 heavy (non-hydrogen) atoms. The van der Waals surface area contributed by atoms with Gasteiger partial charge in [0.05, 0.1) is 4.92 Å². The summed E-state index contributed by atoms with van der Waals surface area (Å²) in [7, 11) is 0. The molecular weight excluding hydrogens is 230 g/mol. The molecule has 0 amide bonds. The third-order valence-electron chi connectivity index (χ3n) is 4.17. The Hall–Kier alpha value is -1.97. The Morgan fingerprint density at radius 2 is 1.94 bits per heavy atom. The molecule has 0 aromatic heterocycles. The monoisotopic (exact) mass is 243 g/mol. The van der Waals surface area contributed by atoms with Gasteiger partial charge in [0.1, 0.15) is 6.29 Å². The molecule has 1 saturated carbocycles.